The van der Waals surface area contributed by atoms with E-state index in [4.69, 9.17) is 0 Å². The Morgan fingerprint density at radius 2 is 1.80 bits per heavy atom. The van der Waals surface area contributed by atoms with Gasteiger partial charge in [0.25, 0.3) is 5.91 Å². The number of esters is 1. The number of ether oxygens (including phenoxy) is 1. The highest BCUT2D eigenvalue weighted by atomic mass is 32.2. The largest absolute Gasteiger partial charge is 0.469 e. The van der Waals surface area contributed by atoms with Crippen molar-refractivity contribution in [3.05, 3.63) is 29.8 Å². The summed E-state index contributed by atoms with van der Waals surface area (Å²) in [5, 5.41) is 2.78. The van der Waals surface area contributed by atoms with Crippen molar-refractivity contribution in [2.75, 3.05) is 13.7 Å². The minimum atomic E-state index is -3.50. The molecule has 1 fully saturated rings. The van der Waals surface area contributed by atoms with E-state index in [1.165, 1.54) is 31.4 Å². The molecule has 1 aromatic rings. The molecule has 1 aliphatic carbocycles. The molecule has 2 N–H and O–H groups in total. The van der Waals surface area contributed by atoms with Gasteiger partial charge < -0.3 is 10.1 Å². The minimum absolute atomic E-state index is 0.0483. The SMILES string of the molecule is COC(=O)CCCCCNC(=O)c1ccc(S(=O)(=O)NC2CC2)cc1. The van der Waals surface area contributed by atoms with Crippen molar-refractivity contribution >= 4 is 21.9 Å². The van der Waals surface area contributed by atoms with E-state index in [1.54, 1.807) is 0 Å². The maximum absolute atomic E-state index is 12.1. The normalized spacial score (nSPS) is 14.1. The van der Waals surface area contributed by atoms with Gasteiger partial charge in [-0.2, -0.15) is 0 Å². The Morgan fingerprint density at radius 1 is 1.12 bits per heavy atom. The average Bonchev–Trinajstić information content (AvgIpc) is 3.40. The van der Waals surface area contributed by atoms with Gasteiger partial charge in [-0.05, 0) is 49.9 Å². The first kappa shape index (κ1) is 19.4. The lowest BCUT2D eigenvalue weighted by atomic mass is 10.2. The monoisotopic (exact) mass is 368 g/mol. The Labute approximate surface area is 148 Å². The summed E-state index contributed by atoms with van der Waals surface area (Å²) in [5.41, 5.74) is 0.417. The van der Waals surface area contributed by atoms with Gasteiger partial charge in [-0.25, -0.2) is 13.1 Å². The van der Waals surface area contributed by atoms with Gasteiger partial charge in [-0.15, -0.1) is 0 Å². The second kappa shape index (κ2) is 8.96. The van der Waals surface area contributed by atoms with Crippen LogP contribution in [0.3, 0.4) is 0 Å². The Kier molecular flexibility index (Phi) is 6.95. The third-order valence-electron chi connectivity index (χ3n) is 3.90. The number of hydrogen-bond acceptors (Lipinski definition) is 5. The molecule has 0 spiro atoms. The molecule has 1 amide bonds. The number of carbonyl (C=O) groups excluding carboxylic acids is 2. The highest BCUT2D eigenvalue weighted by Crippen LogP contribution is 2.22. The summed E-state index contributed by atoms with van der Waals surface area (Å²) in [7, 11) is -2.13. The lowest BCUT2D eigenvalue weighted by Gasteiger charge is -2.08. The molecule has 7 nitrogen and oxygen atoms in total. The maximum atomic E-state index is 12.1. The summed E-state index contributed by atoms with van der Waals surface area (Å²) in [6.45, 7) is 0.503. The molecule has 0 aromatic heterocycles. The van der Waals surface area contributed by atoms with Gasteiger partial charge in [0.2, 0.25) is 10.0 Å². The molecular formula is C17H24N2O5S. The number of unbranched alkanes of at least 4 members (excludes halogenated alkanes) is 2. The molecule has 1 aliphatic rings. The second-order valence-electron chi connectivity index (χ2n) is 6.06. The first-order chi connectivity index (χ1) is 11.9. The highest BCUT2D eigenvalue weighted by molar-refractivity contribution is 7.89. The van der Waals surface area contributed by atoms with Crippen LogP contribution in [0, 0.1) is 0 Å². The van der Waals surface area contributed by atoms with Crippen molar-refractivity contribution in [2.45, 2.75) is 49.5 Å². The Bertz CT molecular complexity index is 696. The zero-order valence-corrected chi connectivity index (χ0v) is 15.1. The van der Waals surface area contributed by atoms with Crippen LogP contribution in [-0.4, -0.2) is 40.0 Å². The summed E-state index contributed by atoms with van der Waals surface area (Å²) < 4.78 is 31.3. The summed E-state index contributed by atoms with van der Waals surface area (Å²) in [6.07, 6.45) is 4.44. The van der Waals surface area contributed by atoms with Gasteiger partial charge in [-0.1, -0.05) is 6.42 Å². The number of rotatable bonds is 10. The summed E-state index contributed by atoms with van der Waals surface area (Å²) >= 11 is 0. The van der Waals surface area contributed by atoms with Crippen LogP contribution in [0.5, 0.6) is 0 Å². The zero-order valence-electron chi connectivity index (χ0n) is 14.3. The first-order valence-electron chi connectivity index (χ1n) is 8.40. The zero-order chi connectivity index (χ0) is 18.3. The van der Waals surface area contributed by atoms with Crippen LogP contribution in [0.2, 0.25) is 0 Å². The van der Waals surface area contributed by atoms with Crippen LogP contribution in [-0.2, 0) is 19.6 Å². The Hall–Kier alpha value is -1.93. The van der Waals surface area contributed by atoms with Crippen molar-refractivity contribution in [3.8, 4) is 0 Å². The molecule has 2 rings (SSSR count). The van der Waals surface area contributed by atoms with E-state index in [0.717, 1.165) is 32.1 Å². The predicted molar refractivity (Wildman–Crippen MR) is 92.6 cm³/mol. The lowest BCUT2D eigenvalue weighted by Crippen LogP contribution is -2.26. The van der Waals surface area contributed by atoms with Gasteiger partial charge in [0.05, 0.1) is 12.0 Å². The molecule has 0 radical (unpaired) electrons. The first-order valence-corrected chi connectivity index (χ1v) is 9.88. The van der Waals surface area contributed by atoms with Gasteiger partial charge in [0.1, 0.15) is 0 Å². The number of hydrogen-bond donors (Lipinski definition) is 2. The van der Waals surface area contributed by atoms with E-state index in [1.807, 2.05) is 0 Å². The molecule has 8 heteroatoms. The van der Waals surface area contributed by atoms with E-state index < -0.39 is 10.0 Å². The van der Waals surface area contributed by atoms with Crippen LogP contribution in [0.15, 0.2) is 29.2 Å². The summed E-state index contributed by atoms with van der Waals surface area (Å²) in [5.74, 6) is -0.470. The fraction of sp³-hybridized carbons (Fsp3) is 0.529. The van der Waals surface area contributed by atoms with Crippen LogP contribution in [0.25, 0.3) is 0 Å². The Balaban J connectivity index is 1.73. The smallest absolute Gasteiger partial charge is 0.305 e. The summed E-state index contributed by atoms with van der Waals surface area (Å²) in [6, 6.07) is 5.95. The molecular weight excluding hydrogens is 344 g/mol. The van der Waals surface area contributed by atoms with E-state index >= 15 is 0 Å². The molecule has 0 saturated heterocycles. The maximum Gasteiger partial charge on any atom is 0.305 e. The number of carbonyl (C=O) groups is 2. The molecule has 1 aromatic carbocycles. The average molecular weight is 368 g/mol. The van der Waals surface area contributed by atoms with Crippen molar-refractivity contribution in [1.29, 1.82) is 0 Å². The number of methoxy groups -OCH3 is 1. The fourth-order valence-corrected chi connectivity index (χ4v) is 3.56. The second-order valence-corrected chi connectivity index (χ2v) is 7.78. The van der Waals surface area contributed by atoms with E-state index in [2.05, 4.69) is 14.8 Å². The van der Waals surface area contributed by atoms with Crippen molar-refractivity contribution in [2.24, 2.45) is 0 Å². The van der Waals surface area contributed by atoms with Crippen LogP contribution >= 0.6 is 0 Å². The molecule has 1 saturated carbocycles. The molecule has 25 heavy (non-hydrogen) atoms. The van der Waals surface area contributed by atoms with E-state index in [0.29, 0.717) is 18.5 Å². The van der Waals surface area contributed by atoms with Gasteiger partial charge in [-0.3, -0.25) is 9.59 Å². The quantitative estimate of drug-likeness (QED) is 0.482. The molecule has 0 heterocycles. The predicted octanol–water partition coefficient (Wildman–Crippen LogP) is 1.59. The molecule has 0 bridgehead atoms. The van der Waals surface area contributed by atoms with E-state index in [-0.39, 0.29) is 22.8 Å². The van der Waals surface area contributed by atoms with Crippen LogP contribution in [0.4, 0.5) is 0 Å². The molecule has 0 unspecified atom stereocenters. The summed E-state index contributed by atoms with van der Waals surface area (Å²) in [4.78, 5) is 23.2. The standard InChI is InChI=1S/C17H24N2O5S/c1-24-16(20)5-3-2-4-12-18-17(21)13-6-10-15(11-7-13)25(22,23)19-14-8-9-14/h6-7,10-11,14,19H,2-5,8-9,12H2,1H3,(H,18,21). The van der Waals surface area contributed by atoms with Crippen molar-refractivity contribution in [1.82, 2.24) is 10.0 Å². The number of nitrogens with one attached hydrogen (secondary N) is 2. The third-order valence-corrected chi connectivity index (χ3v) is 5.43. The topological polar surface area (TPSA) is 102 Å². The minimum Gasteiger partial charge on any atom is -0.469 e. The highest BCUT2D eigenvalue weighted by Gasteiger charge is 2.27. The molecule has 0 atom stereocenters. The lowest BCUT2D eigenvalue weighted by molar-refractivity contribution is -0.140. The molecule has 138 valence electrons. The van der Waals surface area contributed by atoms with Crippen LogP contribution in [0.1, 0.15) is 48.9 Å². The molecule has 0 aliphatic heterocycles. The number of sulfonamides is 1. The van der Waals surface area contributed by atoms with Gasteiger partial charge in [0, 0.05) is 24.6 Å². The van der Waals surface area contributed by atoms with Gasteiger partial charge in [0.15, 0.2) is 0 Å². The third kappa shape index (κ3) is 6.47. The van der Waals surface area contributed by atoms with E-state index in [9.17, 15) is 18.0 Å². The van der Waals surface area contributed by atoms with Crippen molar-refractivity contribution in [3.63, 3.8) is 0 Å². The number of amides is 1. The van der Waals surface area contributed by atoms with Crippen molar-refractivity contribution < 1.29 is 22.7 Å². The number of benzene rings is 1. The fourth-order valence-electron chi connectivity index (χ4n) is 2.25. The Morgan fingerprint density at radius 3 is 2.40 bits per heavy atom. The van der Waals surface area contributed by atoms with Gasteiger partial charge >= 0.3 is 5.97 Å². The van der Waals surface area contributed by atoms with Crippen LogP contribution < -0.4 is 10.0 Å².